The Hall–Kier alpha value is -1.70. The molecule has 1 N–H and O–H groups in total. The first kappa shape index (κ1) is 55.3. The molecular weight excluding hydrogens is 746 g/mol. The minimum absolute atomic E-state index is 0.141. The van der Waals surface area contributed by atoms with E-state index in [0.717, 1.165) is 12.8 Å². The number of rotatable bonds is 46. The van der Waals surface area contributed by atoms with E-state index in [1.807, 2.05) is 20.8 Å². The minimum atomic E-state index is -0.515. The van der Waals surface area contributed by atoms with Crippen molar-refractivity contribution in [1.82, 2.24) is 5.32 Å². The maximum atomic E-state index is 11.8. The molecule has 0 aromatic heterocycles. The van der Waals surface area contributed by atoms with Crippen molar-refractivity contribution in [1.29, 1.82) is 0 Å². The van der Waals surface area contributed by atoms with Gasteiger partial charge in [-0.1, -0.05) is 58.3 Å². The Labute approximate surface area is 344 Å². The molecule has 0 bridgehead atoms. The van der Waals surface area contributed by atoms with E-state index < -0.39 is 11.7 Å². The number of amides is 1. The second kappa shape index (κ2) is 45.4. The summed E-state index contributed by atoms with van der Waals surface area (Å²) >= 11 is 0. The molecule has 0 saturated carbocycles. The molecule has 0 radical (unpaired) electrons. The Balaban J connectivity index is 3.14. The van der Waals surface area contributed by atoms with Crippen molar-refractivity contribution in [2.75, 3.05) is 159 Å². The second-order valence-electron chi connectivity index (χ2n) is 14.0. The molecule has 0 aliphatic carbocycles. The van der Waals surface area contributed by atoms with Crippen molar-refractivity contribution in [2.24, 2.45) is 0 Å². The molecule has 0 rings (SSSR count). The average Bonchev–Trinajstić information content (AvgIpc) is 3.17. The van der Waals surface area contributed by atoms with E-state index in [1.165, 1.54) is 44.9 Å². The first-order valence-electron chi connectivity index (χ1n) is 21.3. The van der Waals surface area contributed by atoms with Gasteiger partial charge in [-0.05, 0) is 27.2 Å². The third kappa shape index (κ3) is 50.4. The number of carbonyl (C=O) groups is 2. The van der Waals surface area contributed by atoms with Crippen LogP contribution in [0.25, 0.3) is 0 Å². The van der Waals surface area contributed by atoms with Crippen molar-refractivity contribution in [3.05, 3.63) is 0 Å². The lowest BCUT2D eigenvalue weighted by Gasteiger charge is -2.19. The number of nitrogens with one attached hydrogen (secondary N) is 1. The first-order valence-corrected chi connectivity index (χ1v) is 21.3. The lowest BCUT2D eigenvalue weighted by Crippen LogP contribution is -2.34. The van der Waals surface area contributed by atoms with E-state index in [1.54, 1.807) is 0 Å². The van der Waals surface area contributed by atoms with Crippen molar-refractivity contribution >= 4 is 12.1 Å². The van der Waals surface area contributed by atoms with Gasteiger partial charge in [0, 0.05) is 13.0 Å². The highest BCUT2D eigenvalue weighted by Crippen LogP contribution is 2.11. The average molecular weight is 828 g/mol. The lowest BCUT2D eigenvalue weighted by atomic mass is 10.1. The van der Waals surface area contributed by atoms with Crippen LogP contribution in [0.2, 0.25) is 0 Å². The molecular formula is C41H81NO15. The van der Waals surface area contributed by atoms with Crippen LogP contribution in [0.15, 0.2) is 0 Å². The van der Waals surface area contributed by atoms with E-state index in [-0.39, 0.29) is 12.6 Å². The van der Waals surface area contributed by atoms with Gasteiger partial charge in [0.05, 0.1) is 145 Å². The largest absolute Gasteiger partial charge is 0.463 e. The monoisotopic (exact) mass is 828 g/mol. The number of hydrogen-bond acceptors (Lipinski definition) is 15. The summed E-state index contributed by atoms with van der Waals surface area (Å²) in [4.78, 5) is 23.3. The molecule has 0 aromatic rings. The zero-order valence-electron chi connectivity index (χ0n) is 36.2. The van der Waals surface area contributed by atoms with Gasteiger partial charge in [0.1, 0.15) is 12.2 Å². The highest BCUT2D eigenvalue weighted by Gasteiger charge is 2.15. The van der Waals surface area contributed by atoms with E-state index in [4.69, 9.17) is 61.6 Å². The van der Waals surface area contributed by atoms with E-state index >= 15 is 0 Å². The van der Waals surface area contributed by atoms with E-state index in [0.29, 0.717) is 158 Å². The Kier molecular flexibility index (Phi) is 44.0. The Morgan fingerprint density at radius 1 is 0.386 bits per heavy atom. The highest BCUT2D eigenvalue weighted by molar-refractivity contribution is 5.69. The molecule has 0 aromatic carbocycles. The number of carbonyl (C=O) groups excluding carboxylic acids is 2. The van der Waals surface area contributed by atoms with Crippen LogP contribution in [0.5, 0.6) is 0 Å². The summed E-state index contributed by atoms with van der Waals surface area (Å²) in [5.41, 5.74) is -0.515. The Morgan fingerprint density at radius 2 is 0.667 bits per heavy atom. The van der Waals surface area contributed by atoms with Gasteiger partial charge in [0.2, 0.25) is 0 Å². The predicted octanol–water partition coefficient (Wildman–Crippen LogP) is 5.16. The molecule has 57 heavy (non-hydrogen) atoms. The maximum Gasteiger partial charge on any atom is 0.407 e. The zero-order valence-corrected chi connectivity index (χ0v) is 36.2. The van der Waals surface area contributed by atoms with Gasteiger partial charge in [-0.25, -0.2) is 4.79 Å². The van der Waals surface area contributed by atoms with Crippen molar-refractivity contribution in [3.8, 4) is 0 Å². The van der Waals surface area contributed by atoms with Crippen molar-refractivity contribution in [3.63, 3.8) is 0 Å². The van der Waals surface area contributed by atoms with Crippen molar-refractivity contribution in [2.45, 2.75) is 97.5 Å². The smallest absolute Gasteiger partial charge is 0.407 e. The third-order valence-corrected chi connectivity index (χ3v) is 7.61. The fourth-order valence-electron chi connectivity index (χ4n) is 4.71. The summed E-state index contributed by atoms with van der Waals surface area (Å²) < 4.78 is 70.6. The predicted molar refractivity (Wildman–Crippen MR) is 216 cm³/mol. The molecule has 0 atom stereocenters. The normalized spacial score (nSPS) is 11.6. The molecule has 16 heteroatoms. The zero-order chi connectivity index (χ0) is 41.6. The van der Waals surface area contributed by atoms with Gasteiger partial charge in [0.15, 0.2) is 0 Å². The molecule has 340 valence electrons. The van der Waals surface area contributed by atoms with Gasteiger partial charge < -0.3 is 66.9 Å². The number of unbranched alkanes of at least 4 members (excludes halogenated alkanes) is 8. The molecule has 0 heterocycles. The standard InChI is InChI=1S/C41H81NO15/c1-5-6-7-8-9-10-11-12-13-14-39(43)56-38-37-55-36-35-54-34-33-53-32-31-52-30-29-51-28-27-50-26-25-49-24-23-48-22-21-47-20-19-46-18-17-45-16-15-42-40(44)57-41(2,3)4/h5-38H2,1-4H3,(H,42,44). The fraction of sp³-hybridized carbons (Fsp3) is 0.951. The van der Waals surface area contributed by atoms with Crippen LogP contribution in [0.4, 0.5) is 4.79 Å². The van der Waals surface area contributed by atoms with E-state index in [2.05, 4.69) is 12.2 Å². The summed E-state index contributed by atoms with van der Waals surface area (Å²) in [6.45, 7) is 18.6. The molecule has 0 spiro atoms. The van der Waals surface area contributed by atoms with Gasteiger partial charge in [-0.2, -0.15) is 0 Å². The first-order chi connectivity index (χ1) is 27.8. The molecule has 0 fully saturated rings. The lowest BCUT2D eigenvalue weighted by molar-refractivity contribution is -0.145. The SMILES string of the molecule is CCCCCCCCCCCC(=O)OCCOCCOCCOCCOCCOCCOCCOCCOCCOCCOCCOCCNC(=O)OC(C)(C)C. The van der Waals surface area contributed by atoms with Crippen LogP contribution in [-0.2, 0) is 66.4 Å². The van der Waals surface area contributed by atoms with Gasteiger partial charge in [0.25, 0.3) is 0 Å². The van der Waals surface area contributed by atoms with Crippen molar-refractivity contribution < 1.29 is 71.2 Å². The quantitative estimate of drug-likeness (QED) is 0.0632. The Bertz CT molecular complexity index is 835. The van der Waals surface area contributed by atoms with Crippen LogP contribution in [0.1, 0.15) is 91.9 Å². The second-order valence-corrected chi connectivity index (χ2v) is 14.0. The number of esters is 1. The molecule has 0 aliphatic rings. The molecule has 0 saturated heterocycles. The Morgan fingerprint density at radius 3 is 0.982 bits per heavy atom. The molecule has 0 aliphatic heterocycles. The fourth-order valence-corrected chi connectivity index (χ4v) is 4.71. The number of alkyl carbamates (subject to hydrolysis) is 1. The summed E-state index contributed by atoms with van der Waals surface area (Å²) in [6, 6.07) is 0. The van der Waals surface area contributed by atoms with Crippen LogP contribution >= 0.6 is 0 Å². The number of hydrogen-bond donors (Lipinski definition) is 1. The number of ether oxygens (including phenoxy) is 13. The van der Waals surface area contributed by atoms with Gasteiger partial charge in [-0.15, -0.1) is 0 Å². The van der Waals surface area contributed by atoms with Crippen LogP contribution in [0.3, 0.4) is 0 Å². The minimum Gasteiger partial charge on any atom is -0.463 e. The van der Waals surface area contributed by atoms with Crippen LogP contribution in [-0.4, -0.2) is 176 Å². The van der Waals surface area contributed by atoms with Gasteiger partial charge in [-0.3, -0.25) is 4.79 Å². The third-order valence-electron chi connectivity index (χ3n) is 7.61. The highest BCUT2D eigenvalue weighted by atomic mass is 16.6. The summed E-state index contributed by atoms with van der Waals surface area (Å²) in [5.74, 6) is -0.141. The topological polar surface area (TPSA) is 166 Å². The molecule has 16 nitrogen and oxygen atoms in total. The van der Waals surface area contributed by atoms with Crippen LogP contribution < -0.4 is 5.32 Å². The van der Waals surface area contributed by atoms with Gasteiger partial charge >= 0.3 is 12.1 Å². The van der Waals surface area contributed by atoms with Crippen LogP contribution in [0, 0.1) is 0 Å². The van der Waals surface area contributed by atoms with E-state index in [9.17, 15) is 9.59 Å². The summed E-state index contributed by atoms with van der Waals surface area (Å²) in [6.07, 6.45) is 11.1. The summed E-state index contributed by atoms with van der Waals surface area (Å²) in [7, 11) is 0. The molecule has 1 amide bonds. The maximum absolute atomic E-state index is 11.8. The summed E-state index contributed by atoms with van der Waals surface area (Å²) in [5, 5.41) is 2.63. The molecule has 0 unspecified atom stereocenters.